The zero-order chi connectivity index (χ0) is 35.8. The predicted octanol–water partition coefficient (Wildman–Crippen LogP) is 14.3. The lowest BCUT2D eigenvalue weighted by Gasteiger charge is -2.30. The van der Waals surface area contributed by atoms with Gasteiger partial charge in [-0.05, 0) is 86.9 Å². The van der Waals surface area contributed by atoms with Crippen LogP contribution in [0.3, 0.4) is 0 Å². The van der Waals surface area contributed by atoms with Gasteiger partial charge in [0.15, 0.2) is 5.58 Å². The number of hydrogen-bond acceptors (Lipinski definition) is 3. The van der Waals surface area contributed by atoms with E-state index in [1.807, 2.05) is 36.4 Å². The van der Waals surface area contributed by atoms with Gasteiger partial charge in [-0.1, -0.05) is 158 Å². The molecule has 0 N–H and O–H groups in total. The first-order valence-corrected chi connectivity index (χ1v) is 18.3. The Bertz CT molecular complexity index is 2940. The summed E-state index contributed by atoms with van der Waals surface area (Å²) in [5.74, 6) is 0.631. The van der Waals surface area contributed by atoms with Gasteiger partial charge in [0.25, 0.3) is 0 Å². The van der Waals surface area contributed by atoms with Crippen molar-refractivity contribution >= 4 is 49.7 Å². The third kappa shape index (κ3) is 5.60. The second kappa shape index (κ2) is 13.4. The lowest BCUT2D eigenvalue weighted by molar-refractivity contribution is 0.620. The highest BCUT2D eigenvalue weighted by Gasteiger charge is 2.21. The van der Waals surface area contributed by atoms with E-state index in [0.29, 0.717) is 5.89 Å². The first-order valence-electron chi connectivity index (χ1n) is 18.3. The van der Waals surface area contributed by atoms with Gasteiger partial charge in [0.05, 0.1) is 11.4 Å². The Morgan fingerprint density at radius 1 is 0.370 bits per heavy atom. The molecule has 0 bridgehead atoms. The molecule has 0 aliphatic rings. The van der Waals surface area contributed by atoms with Crippen LogP contribution < -0.4 is 4.90 Å². The Hall–Kier alpha value is -7.23. The zero-order valence-electron chi connectivity index (χ0n) is 29.4. The molecule has 0 saturated carbocycles. The fourth-order valence-corrected chi connectivity index (χ4v) is 7.73. The molecule has 0 saturated heterocycles. The lowest BCUT2D eigenvalue weighted by Crippen LogP contribution is -2.12. The van der Waals surface area contributed by atoms with Crippen molar-refractivity contribution in [2.45, 2.75) is 0 Å². The van der Waals surface area contributed by atoms with Crippen LogP contribution in [-0.4, -0.2) is 4.98 Å². The molecule has 0 radical (unpaired) electrons. The molecule has 3 nitrogen and oxygen atoms in total. The van der Waals surface area contributed by atoms with Crippen LogP contribution in [0.25, 0.3) is 77.5 Å². The van der Waals surface area contributed by atoms with E-state index in [-0.39, 0.29) is 0 Å². The second-order valence-electron chi connectivity index (χ2n) is 13.5. The van der Waals surface area contributed by atoms with Gasteiger partial charge in [0.1, 0.15) is 5.52 Å². The van der Waals surface area contributed by atoms with Crippen LogP contribution in [0.1, 0.15) is 0 Å². The molecule has 0 atom stereocenters. The van der Waals surface area contributed by atoms with Gasteiger partial charge in [-0.3, -0.25) is 0 Å². The number of rotatable bonds is 7. The zero-order valence-corrected chi connectivity index (χ0v) is 29.4. The summed E-state index contributed by atoms with van der Waals surface area (Å²) in [6.45, 7) is 0. The topological polar surface area (TPSA) is 29.3 Å². The molecular weight excluding hydrogens is 657 g/mol. The van der Waals surface area contributed by atoms with Gasteiger partial charge in [0, 0.05) is 27.8 Å². The molecule has 1 heterocycles. The van der Waals surface area contributed by atoms with Crippen LogP contribution in [0.5, 0.6) is 0 Å². The van der Waals surface area contributed by atoms with Crippen LogP contribution in [-0.2, 0) is 0 Å². The van der Waals surface area contributed by atoms with Crippen molar-refractivity contribution in [2.24, 2.45) is 0 Å². The fourth-order valence-electron chi connectivity index (χ4n) is 7.73. The summed E-state index contributed by atoms with van der Waals surface area (Å²) in [4.78, 5) is 7.37. The number of anilines is 3. The molecule has 0 spiro atoms. The van der Waals surface area contributed by atoms with Crippen LogP contribution in [0.2, 0.25) is 0 Å². The van der Waals surface area contributed by atoms with E-state index in [1.54, 1.807) is 0 Å². The molecule has 254 valence electrons. The molecule has 9 aromatic carbocycles. The summed E-state index contributed by atoms with van der Waals surface area (Å²) in [5.41, 5.74) is 12.8. The average molecular weight is 691 g/mol. The average Bonchev–Trinajstić information content (AvgIpc) is 3.70. The van der Waals surface area contributed by atoms with Crippen molar-refractivity contribution in [3.63, 3.8) is 0 Å². The Balaban J connectivity index is 1.16. The first-order chi connectivity index (χ1) is 26.8. The molecule has 1 aromatic heterocycles. The van der Waals surface area contributed by atoms with Gasteiger partial charge >= 0.3 is 0 Å². The van der Waals surface area contributed by atoms with Gasteiger partial charge in [0.2, 0.25) is 5.89 Å². The Kier molecular flexibility index (Phi) is 7.81. The monoisotopic (exact) mass is 690 g/mol. The van der Waals surface area contributed by atoms with E-state index in [4.69, 9.17) is 9.40 Å². The van der Waals surface area contributed by atoms with Crippen LogP contribution in [0, 0.1) is 0 Å². The highest BCUT2D eigenvalue weighted by molar-refractivity contribution is 6.06. The number of benzene rings is 9. The molecule has 0 unspecified atom stereocenters. The molecule has 0 amide bonds. The van der Waals surface area contributed by atoms with Crippen molar-refractivity contribution in [2.75, 3.05) is 4.90 Å². The van der Waals surface area contributed by atoms with Crippen LogP contribution >= 0.6 is 0 Å². The van der Waals surface area contributed by atoms with E-state index in [2.05, 4.69) is 175 Å². The smallest absolute Gasteiger partial charge is 0.227 e. The molecular formula is C51H34N2O. The van der Waals surface area contributed by atoms with Crippen molar-refractivity contribution in [3.8, 4) is 44.8 Å². The maximum atomic E-state index is 6.22. The van der Waals surface area contributed by atoms with Crippen molar-refractivity contribution in [1.29, 1.82) is 0 Å². The normalized spacial score (nSPS) is 11.3. The van der Waals surface area contributed by atoms with Gasteiger partial charge in [-0.15, -0.1) is 0 Å². The summed E-state index contributed by atoms with van der Waals surface area (Å²) < 4.78 is 6.22. The largest absolute Gasteiger partial charge is 0.436 e. The number of oxazole rings is 1. The van der Waals surface area contributed by atoms with Crippen LogP contribution in [0.4, 0.5) is 17.1 Å². The minimum absolute atomic E-state index is 0.631. The Morgan fingerprint density at radius 3 is 1.76 bits per heavy atom. The van der Waals surface area contributed by atoms with Gasteiger partial charge in [-0.2, -0.15) is 0 Å². The lowest BCUT2D eigenvalue weighted by atomic mass is 9.95. The standard InChI is InChI=1S/C51H34N2O/c1-3-15-36(16-4-1)44-24-9-11-27-47(44)53(41-22-13-21-38(34-41)43-26-14-20-35-17-7-8-23-42(35)43)48-28-12-10-25-45(48)39-29-31-46-40(33-39)30-32-49-50(46)52-51(54-49)37-18-5-2-6-19-37/h1-34H. The highest BCUT2D eigenvalue weighted by Crippen LogP contribution is 2.46. The quantitative estimate of drug-likeness (QED) is 0.167. The number of nitrogens with zero attached hydrogens (tertiary/aromatic N) is 2. The molecule has 0 fully saturated rings. The van der Waals surface area contributed by atoms with Crippen molar-refractivity contribution in [3.05, 3.63) is 206 Å². The SMILES string of the molecule is c1ccc(-c2nc3c(ccc4cc(-c5ccccc5N(c5cccc(-c6cccc7ccccc67)c5)c5ccccc5-c5ccccc5)ccc43)o2)cc1. The number of para-hydroxylation sites is 2. The fraction of sp³-hybridized carbons (Fsp3) is 0. The number of hydrogen-bond donors (Lipinski definition) is 0. The number of aromatic nitrogens is 1. The Labute approximate surface area is 314 Å². The molecule has 10 rings (SSSR count). The van der Waals surface area contributed by atoms with Gasteiger partial charge < -0.3 is 9.32 Å². The molecule has 0 aliphatic carbocycles. The van der Waals surface area contributed by atoms with Crippen molar-refractivity contribution in [1.82, 2.24) is 4.98 Å². The number of fused-ring (bicyclic) bond motifs is 4. The summed E-state index contributed by atoms with van der Waals surface area (Å²) in [6, 6.07) is 73.1. The van der Waals surface area contributed by atoms with Gasteiger partial charge in [-0.25, -0.2) is 4.98 Å². The molecule has 3 heteroatoms. The first kappa shape index (κ1) is 31.5. The maximum absolute atomic E-state index is 6.22. The molecule has 0 aliphatic heterocycles. The highest BCUT2D eigenvalue weighted by atomic mass is 16.3. The summed E-state index contributed by atoms with van der Waals surface area (Å²) >= 11 is 0. The maximum Gasteiger partial charge on any atom is 0.227 e. The van der Waals surface area contributed by atoms with E-state index in [9.17, 15) is 0 Å². The third-order valence-electron chi connectivity index (χ3n) is 10.3. The predicted molar refractivity (Wildman–Crippen MR) is 225 cm³/mol. The Morgan fingerprint density at radius 2 is 0.963 bits per heavy atom. The van der Waals surface area contributed by atoms with E-state index < -0.39 is 0 Å². The van der Waals surface area contributed by atoms with Crippen molar-refractivity contribution < 1.29 is 4.42 Å². The molecule has 54 heavy (non-hydrogen) atoms. The summed E-state index contributed by atoms with van der Waals surface area (Å²) in [6.07, 6.45) is 0. The van der Waals surface area contributed by atoms with Crippen LogP contribution in [0.15, 0.2) is 211 Å². The second-order valence-corrected chi connectivity index (χ2v) is 13.5. The minimum atomic E-state index is 0.631. The van der Waals surface area contributed by atoms with E-state index in [1.165, 1.54) is 21.9 Å². The third-order valence-corrected chi connectivity index (χ3v) is 10.3. The molecule has 10 aromatic rings. The van der Waals surface area contributed by atoms with E-state index >= 15 is 0 Å². The summed E-state index contributed by atoms with van der Waals surface area (Å²) in [5, 5.41) is 4.64. The minimum Gasteiger partial charge on any atom is -0.436 e. The van der Waals surface area contributed by atoms with E-state index in [0.717, 1.165) is 66.8 Å². The summed E-state index contributed by atoms with van der Waals surface area (Å²) in [7, 11) is 0.